The van der Waals surface area contributed by atoms with Crippen LogP contribution in [0, 0.1) is 0 Å². The summed E-state index contributed by atoms with van der Waals surface area (Å²) in [6.07, 6.45) is 6.83. The van der Waals surface area contributed by atoms with Gasteiger partial charge in [-0.05, 0) is 31.0 Å². The van der Waals surface area contributed by atoms with Gasteiger partial charge in [-0.1, -0.05) is 4.49 Å². The Kier molecular flexibility index (Phi) is 4.76. The summed E-state index contributed by atoms with van der Waals surface area (Å²) in [6.45, 7) is 0.970. The van der Waals surface area contributed by atoms with E-state index in [1.54, 1.807) is 29.2 Å². The van der Waals surface area contributed by atoms with Gasteiger partial charge in [0.05, 0.1) is 17.1 Å². The summed E-state index contributed by atoms with van der Waals surface area (Å²) in [6, 6.07) is 5.57. The molecule has 1 aliphatic heterocycles. The zero-order valence-electron chi connectivity index (χ0n) is 13.7. The van der Waals surface area contributed by atoms with E-state index in [0.29, 0.717) is 9.88 Å². The van der Waals surface area contributed by atoms with Crippen molar-refractivity contribution >= 4 is 39.7 Å². The number of carbonyl (C=O) groups is 2. The Bertz CT molecular complexity index is 890. The van der Waals surface area contributed by atoms with E-state index < -0.39 is 0 Å². The van der Waals surface area contributed by atoms with Gasteiger partial charge in [-0.25, -0.2) is 0 Å². The molecule has 0 saturated carbocycles. The van der Waals surface area contributed by atoms with Crippen molar-refractivity contribution in [1.29, 1.82) is 0 Å². The van der Waals surface area contributed by atoms with Crippen molar-refractivity contribution in [3.63, 3.8) is 0 Å². The van der Waals surface area contributed by atoms with Crippen LogP contribution in [0.2, 0.25) is 0 Å². The molecular weight excluding hydrogens is 372 g/mol. The molecule has 8 nitrogen and oxygen atoms in total. The van der Waals surface area contributed by atoms with Gasteiger partial charge in [-0.15, -0.1) is 16.4 Å². The second-order valence-corrected chi connectivity index (χ2v) is 7.79. The van der Waals surface area contributed by atoms with E-state index in [-0.39, 0.29) is 24.4 Å². The van der Waals surface area contributed by atoms with Crippen molar-refractivity contribution < 1.29 is 9.59 Å². The van der Waals surface area contributed by atoms with Crippen LogP contribution in [0.1, 0.15) is 33.4 Å². The lowest BCUT2D eigenvalue weighted by Gasteiger charge is -2.23. The van der Waals surface area contributed by atoms with Crippen LogP contribution in [0.3, 0.4) is 0 Å². The van der Waals surface area contributed by atoms with Crippen molar-refractivity contribution in [3.8, 4) is 0 Å². The first kappa shape index (κ1) is 16.9. The maximum atomic E-state index is 12.6. The molecule has 26 heavy (non-hydrogen) atoms. The fourth-order valence-corrected chi connectivity index (χ4v) is 4.50. The Morgan fingerprint density at radius 3 is 3.04 bits per heavy atom. The van der Waals surface area contributed by atoms with Gasteiger partial charge >= 0.3 is 0 Å². The number of aromatic nitrogens is 4. The summed E-state index contributed by atoms with van der Waals surface area (Å²) < 4.78 is 5.36. The smallest absolute Gasteiger partial charge is 0.266 e. The second kappa shape index (κ2) is 7.34. The number of hydrogen-bond acceptors (Lipinski definition) is 7. The van der Waals surface area contributed by atoms with Crippen molar-refractivity contribution in [2.75, 3.05) is 11.9 Å². The van der Waals surface area contributed by atoms with Crippen molar-refractivity contribution in [3.05, 3.63) is 46.5 Å². The van der Waals surface area contributed by atoms with Crippen LogP contribution < -0.4 is 5.32 Å². The highest BCUT2D eigenvalue weighted by Crippen LogP contribution is 2.36. The van der Waals surface area contributed by atoms with Gasteiger partial charge < -0.3 is 10.2 Å². The summed E-state index contributed by atoms with van der Waals surface area (Å²) in [7, 11) is 0. The summed E-state index contributed by atoms with van der Waals surface area (Å²) in [5.41, 5.74) is 0. The quantitative estimate of drug-likeness (QED) is 0.724. The number of carbonyl (C=O) groups excluding carboxylic acids is 2. The third-order valence-electron chi connectivity index (χ3n) is 4.21. The largest absolute Gasteiger partial charge is 0.333 e. The highest BCUT2D eigenvalue weighted by molar-refractivity contribution is 7.14. The molecule has 1 fully saturated rings. The van der Waals surface area contributed by atoms with Gasteiger partial charge in [-0.3, -0.25) is 14.3 Å². The normalized spacial score (nSPS) is 16.8. The Labute approximate surface area is 157 Å². The monoisotopic (exact) mass is 388 g/mol. The average molecular weight is 388 g/mol. The Balaban J connectivity index is 1.45. The van der Waals surface area contributed by atoms with E-state index in [1.165, 1.54) is 17.5 Å². The lowest BCUT2D eigenvalue weighted by Crippen LogP contribution is -2.33. The number of rotatable bonds is 5. The maximum absolute atomic E-state index is 12.6. The molecule has 1 atom stereocenters. The molecule has 4 rings (SSSR count). The predicted molar refractivity (Wildman–Crippen MR) is 98.1 cm³/mol. The van der Waals surface area contributed by atoms with Gasteiger partial charge in [0.25, 0.3) is 5.91 Å². The molecule has 0 bridgehead atoms. The highest BCUT2D eigenvalue weighted by atomic mass is 32.1. The van der Waals surface area contributed by atoms with Crippen LogP contribution in [-0.2, 0) is 11.3 Å². The number of nitrogens with zero attached hydrogens (tertiary/aromatic N) is 5. The highest BCUT2D eigenvalue weighted by Gasteiger charge is 2.31. The van der Waals surface area contributed by atoms with Crippen LogP contribution in [0.4, 0.5) is 5.00 Å². The van der Waals surface area contributed by atoms with Gasteiger partial charge in [0.15, 0.2) is 0 Å². The minimum Gasteiger partial charge on any atom is -0.333 e. The van der Waals surface area contributed by atoms with Gasteiger partial charge in [0.1, 0.15) is 11.5 Å². The average Bonchev–Trinajstić information content (AvgIpc) is 3.39. The Hall–Kier alpha value is -2.59. The minimum absolute atomic E-state index is 0.0229. The van der Waals surface area contributed by atoms with E-state index in [2.05, 4.69) is 20.0 Å². The molecule has 0 unspecified atom stereocenters. The van der Waals surface area contributed by atoms with E-state index in [1.807, 2.05) is 11.0 Å². The Morgan fingerprint density at radius 2 is 2.27 bits per heavy atom. The summed E-state index contributed by atoms with van der Waals surface area (Å²) in [5.74, 6) is -0.133. The Morgan fingerprint density at radius 1 is 1.35 bits per heavy atom. The predicted octanol–water partition coefficient (Wildman–Crippen LogP) is 2.41. The number of hydrogen-bond donors (Lipinski definition) is 1. The number of amides is 2. The SMILES string of the molecule is O=C(Nc1cnns1)c1ccc([C@@H]2CCCN2C(=O)Cn2cccn2)s1. The molecule has 1 N–H and O–H groups in total. The first-order valence-electron chi connectivity index (χ1n) is 8.16. The number of thiophene rings is 1. The van der Waals surface area contributed by atoms with E-state index in [0.717, 1.165) is 35.8 Å². The van der Waals surface area contributed by atoms with Gasteiger partial charge in [0, 0.05) is 35.3 Å². The molecular formula is C16H16N6O2S2. The van der Waals surface area contributed by atoms with Crippen LogP contribution >= 0.6 is 22.9 Å². The van der Waals surface area contributed by atoms with Crippen LogP contribution in [0.5, 0.6) is 0 Å². The first-order chi connectivity index (χ1) is 12.7. The molecule has 1 saturated heterocycles. The van der Waals surface area contributed by atoms with Gasteiger partial charge in [-0.2, -0.15) is 5.10 Å². The van der Waals surface area contributed by atoms with Crippen LogP contribution in [0.25, 0.3) is 0 Å². The summed E-state index contributed by atoms with van der Waals surface area (Å²) in [5, 5.41) is 11.2. The fourth-order valence-electron chi connectivity index (χ4n) is 3.03. The maximum Gasteiger partial charge on any atom is 0.266 e. The molecule has 4 heterocycles. The zero-order valence-corrected chi connectivity index (χ0v) is 15.4. The molecule has 3 aromatic rings. The van der Waals surface area contributed by atoms with Crippen molar-refractivity contribution in [2.24, 2.45) is 0 Å². The lowest BCUT2D eigenvalue weighted by molar-refractivity contribution is -0.132. The van der Waals surface area contributed by atoms with E-state index in [9.17, 15) is 9.59 Å². The lowest BCUT2D eigenvalue weighted by atomic mass is 10.2. The molecule has 3 aromatic heterocycles. The number of anilines is 1. The molecule has 0 radical (unpaired) electrons. The molecule has 0 aliphatic carbocycles. The summed E-state index contributed by atoms with van der Waals surface area (Å²) >= 11 is 2.56. The molecule has 2 amide bonds. The first-order valence-corrected chi connectivity index (χ1v) is 9.75. The summed E-state index contributed by atoms with van der Waals surface area (Å²) in [4.78, 5) is 28.5. The number of nitrogens with one attached hydrogen (secondary N) is 1. The van der Waals surface area contributed by atoms with Crippen LogP contribution in [0.15, 0.2) is 36.8 Å². The standard InChI is InChI=1S/C16H16N6O2S2/c23-15(10-21-7-2-6-18-21)22-8-1-3-11(22)12-4-5-13(25-12)16(24)19-14-9-17-20-26-14/h2,4-7,9,11H,1,3,8,10H2,(H,19,24)/t11-/m0/s1. The topological polar surface area (TPSA) is 93.0 Å². The molecule has 134 valence electrons. The van der Waals surface area contributed by atoms with Gasteiger partial charge in [0.2, 0.25) is 5.91 Å². The van der Waals surface area contributed by atoms with Crippen molar-refractivity contribution in [2.45, 2.75) is 25.4 Å². The third-order valence-corrected chi connectivity index (χ3v) is 5.97. The molecule has 0 aromatic carbocycles. The van der Waals surface area contributed by atoms with E-state index in [4.69, 9.17) is 0 Å². The zero-order chi connectivity index (χ0) is 17.9. The van der Waals surface area contributed by atoms with E-state index >= 15 is 0 Å². The second-order valence-electron chi connectivity index (χ2n) is 5.89. The number of likely N-dealkylation sites (tertiary alicyclic amines) is 1. The van der Waals surface area contributed by atoms with Crippen LogP contribution in [-0.4, -0.2) is 42.6 Å². The molecule has 1 aliphatic rings. The fraction of sp³-hybridized carbons (Fsp3) is 0.312. The van der Waals surface area contributed by atoms with Crippen molar-refractivity contribution in [1.82, 2.24) is 24.3 Å². The third kappa shape index (κ3) is 3.51. The molecule has 0 spiro atoms. The molecule has 10 heteroatoms. The minimum atomic E-state index is -0.181.